The molecule has 0 radical (unpaired) electrons. The van der Waals surface area contributed by atoms with Crippen molar-refractivity contribution in [2.75, 3.05) is 24.6 Å². The number of rotatable bonds is 4. The molecule has 15 heavy (non-hydrogen) atoms. The van der Waals surface area contributed by atoms with E-state index in [1.54, 1.807) is 13.8 Å². The molecular formula is C8H17NO4S2. The highest BCUT2D eigenvalue weighted by Crippen LogP contribution is 2.21. The van der Waals surface area contributed by atoms with E-state index in [1.807, 2.05) is 0 Å². The van der Waals surface area contributed by atoms with Crippen LogP contribution in [0, 0.1) is 0 Å². The fourth-order valence-electron chi connectivity index (χ4n) is 1.79. The molecule has 1 fully saturated rings. The Balaban J connectivity index is 2.89. The maximum Gasteiger partial charge on any atom is 0.218 e. The highest BCUT2D eigenvalue weighted by Gasteiger charge is 2.39. The standard InChI is InChI=1S/C8H17NO4S2/c1-3-9(4-2)15(12,13)8-5-6-14(10,11)7-8/h8H,3-7H2,1-2H3/t8-/m0/s1. The molecule has 0 aromatic heterocycles. The van der Waals surface area contributed by atoms with Gasteiger partial charge < -0.3 is 0 Å². The molecule has 1 rings (SSSR count). The summed E-state index contributed by atoms with van der Waals surface area (Å²) in [5, 5.41) is -0.734. The largest absolute Gasteiger partial charge is 0.229 e. The van der Waals surface area contributed by atoms with Gasteiger partial charge >= 0.3 is 0 Å². The van der Waals surface area contributed by atoms with Crippen LogP contribution in [0.2, 0.25) is 0 Å². The van der Waals surface area contributed by atoms with Gasteiger partial charge in [-0.05, 0) is 6.42 Å². The smallest absolute Gasteiger partial charge is 0.218 e. The first-order chi connectivity index (χ1) is 6.83. The fraction of sp³-hybridized carbons (Fsp3) is 1.00. The van der Waals surface area contributed by atoms with Crippen molar-refractivity contribution in [2.45, 2.75) is 25.5 Å². The molecule has 0 bridgehead atoms. The zero-order chi connectivity index (χ0) is 11.7. The van der Waals surface area contributed by atoms with Crippen LogP contribution in [0.15, 0.2) is 0 Å². The van der Waals surface area contributed by atoms with Crippen LogP contribution in [0.3, 0.4) is 0 Å². The number of sulfone groups is 1. The van der Waals surface area contributed by atoms with Crippen molar-refractivity contribution in [3.05, 3.63) is 0 Å². The van der Waals surface area contributed by atoms with Gasteiger partial charge in [-0.15, -0.1) is 0 Å². The van der Waals surface area contributed by atoms with Crippen LogP contribution in [0.1, 0.15) is 20.3 Å². The molecule has 0 unspecified atom stereocenters. The highest BCUT2D eigenvalue weighted by atomic mass is 32.2. The fourth-order valence-corrected chi connectivity index (χ4v) is 6.35. The SMILES string of the molecule is CCN(CC)S(=O)(=O)[C@H]1CCS(=O)(=O)C1. The molecule has 1 saturated heterocycles. The van der Waals surface area contributed by atoms with Gasteiger partial charge in [0.25, 0.3) is 0 Å². The number of hydrogen-bond acceptors (Lipinski definition) is 4. The lowest BCUT2D eigenvalue weighted by Crippen LogP contribution is -2.39. The van der Waals surface area contributed by atoms with Crippen molar-refractivity contribution >= 4 is 19.9 Å². The summed E-state index contributed by atoms with van der Waals surface area (Å²) < 4.78 is 47.6. The summed E-state index contributed by atoms with van der Waals surface area (Å²) in [6.07, 6.45) is 0.237. The lowest BCUT2D eigenvalue weighted by atomic mass is 10.4. The molecule has 1 aliphatic rings. The second-order valence-electron chi connectivity index (χ2n) is 3.65. The maximum atomic E-state index is 11.9. The second-order valence-corrected chi connectivity index (χ2v) is 8.10. The Kier molecular flexibility index (Phi) is 3.78. The highest BCUT2D eigenvalue weighted by molar-refractivity contribution is 7.95. The van der Waals surface area contributed by atoms with E-state index in [0.717, 1.165) is 0 Å². The second kappa shape index (κ2) is 4.39. The summed E-state index contributed by atoms with van der Waals surface area (Å²) in [5.74, 6) is -0.218. The molecule has 1 aliphatic heterocycles. The van der Waals surface area contributed by atoms with E-state index in [4.69, 9.17) is 0 Å². The van der Waals surface area contributed by atoms with E-state index < -0.39 is 25.1 Å². The Morgan fingerprint density at radius 2 is 1.80 bits per heavy atom. The monoisotopic (exact) mass is 255 g/mol. The third-order valence-electron chi connectivity index (χ3n) is 2.68. The molecule has 0 spiro atoms. The third kappa shape index (κ3) is 2.70. The van der Waals surface area contributed by atoms with Gasteiger partial charge in [0.2, 0.25) is 10.0 Å². The minimum absolute atomic E-state index is 0.00182. The summed E-state index contributed by atoms with van der Waals surface area (Å²) in [6.45, 7) is 4.31. The number of nitrogens with zero attached hydrogens (tertiary/aromatic N) is 1. The van der Waals surface area contributed by atoms with Crippen molar-refractivity contribution in [3.63, 3.8) is 0 Å². The zero-order valence-electron chi connectivity index (χ0n) is 9.01. The van der Waals surface area contributed by atoms with E-state index in [1.165, 1.54) is 4.31 Å². The summed E-state index contributed by atoms with van der Waals surface area (Å²) in [5.41, 5.74) is 0. The molecule has 0 aromatic rings. The van der Waals surface area contributed by atoms with Gasteiger partial charge in [0.1, 0.15) is 0 Å². The van der Waals surface area contributed by atoms with Crippen LogP contribution < -0.4 is 0 Å². The van der Waals surface area contributed by atoms with Gasteiger partial charge in [-0.3, -0.25) is 0 Å². The maximum absolute atomic E-state index is 11.9. The molecule has 90 valence electrons. The predicted molar refractivity (Wildman–Crippen MR) is 58.9 cm³/mol. The van der Waals surface area contributed by atoms with Crippen LogP contribution in [0.4, 0.5) is 0 Å². The van der Waals surface area contributed by atoms with E-state index in [2.05, 4.69) is 0 Å². The van der Waals surface area contributed by atoms with Crippen molar-refractivity contribution in [3.8, 4) is 0 Å². The predicted octanol–water partition coefficient (Wildman–Crippen LogP) is -0.155. The third-order valence-corrected chi connectivity index (χ3v) is 7.14. The van der Waals surface area contributed by atoms with E-state index >= 15 is 0 Å². The molecule has 5 nitrogen and oxygen atoms in total. The molecule has 0 amide bonds. The van der Waals surface area contributed by atoms with Crippen LogP contribution >= 0.6 is 0 Å². The Morgan fingerprint density at radius 3 is 2.13 bits per heavy atom. The average Bonchev–Trinajstić information content (AvgIpc) is 2.48. The van der Waals surface area contributed by atoms with Crippen LogP contribution in [0.25, 0.3) is 0 Å². The van der Waals surface area contributed by atoms with Gasteiger partial charge in [-0.25, -0.2) is 21.1 Å². The lowest BCUT2D eigenvalue weighted by Gasteiger charge is -2.21. The number of sulfonamides is 1. The van der Waals surface area contributed by atoms with Crippen LogP contribution in [-0.2, 0) is 19.9 Å². The molecule has 7 heteroatoms. The van der Waals surface area contributed by atoms with Gasteiger partial charge in [-0.2, -0.15) is 0 Å². The van der Waals surface area contributed by atoms with E-state index in [0.29, 0.717) is 13.1 Å². The average molecular weight is 255 g/mol. The minimum atomic E-state index is -3.42. The zero-order valence-corrected chi connectivity index (χ0v) is 10.6. The Morgan fingerprint density at radius 1 is 1.27 bits per heavy atom. The van der Waals surface area contributed by atoms with Crippen LogP contribution in [0.5, 0.6) is 0 Å². The van der Waals surface area contributed by atoms with Gasteiger partial charge in [0.15, 0.2) is 9.84 Å². The topological polar surface area (TPSA) is 71.5 Å². The summed E-state index contributed by atoms with van der Waals surface area (Å²) in [7, 11) is -6.55. The van der Waals surface area contributed by atoms with Crippen LogP contribution in [-0.4, -0.2) is 51.0 Å². The Hall–Kier alpha value is -0.140. The first-order valence-corrected chi connectivity index (χ1v) is 8.35. The number of hydrogen-bond donors (Lipinski definition) is 0. The van der Waals surface area contributed by atoms with Gasteiger partial charge in [0.05, 0.1) is 16.8 Å². The first kappa shape index (κ1) is 12.9. The summed E-state index contributed by atoms with van der Waals surface area (Å²) in [6, 6.07) is 0. The molecular weight excluding hydrogens is 238 g/mol. The molecule has 1 atom stereocenters. The van der Waals surface area contributed by atoms with Crippen molar-refractivity contribution < 1.29 is 16.8 Å². The Labute approximate surface area is 91.4 Å². The molecule has 0 aromatic carbocycles. The van der Waals surface area contributed by atoms with E-state index in [9.17, 15) is 16.8 Å². The van der Waals surface area contributed by atoms with E-state index in [-0.39, 0.29) is 17.9 Å². The summed E-state index contributed by atoms with van der Waals surface area (Å²) in [4.78, 5) is 0. The van der Waals surface area contributed by atoms with Crippen molar-refractivity contribution in [1.29, 1.82) is 0 Å². The lowest BCUT2D eigenvalue weighted by molar-refractivity contribution is 0.437. The minimum Gasteiger partial charge on any atom is -0.229 e. The quantitative estimate of drug-likeness (QED) is 0.700. The van der Waals surface area contributed by atoms with Gasteiger partial charge in [0, 0.05) is 13.1 Å². The molecule has 0 saturated carbocycles. The molecule has 0 aliphatic carbocycles. The first-order valence-electron chi connectivity index (χ1n) is 5.03. The molecule has 0 N–H and O–H groups in total. The van der Waals surface area contributed by atoms with Crippen molar-refractivity contribution in [2.24, 2.45) is 0 Å². The molecule has 1 heterocycles. The van der Waals surface area contributed by atoms with Gasteiger partial charge in [-0.1, -0.05) is 13.8 Å². The van der Waals surface area contributed by atoms with Crippen molar-refractivity contribution in [1.82, 2.24) is 4.31 Å². The normalized spacial score (nSPS) is 25.9. The Bertz CT molecular complexity index is 408. The summed E-state index contributed by atoms with van der Waals surface area (Å²) >= 11 is 0.